The number of carbonyl (C=O) groups is 1. The van der Waals surface area contributed by atoms with Crippen LogP contribution in [0.2, 0.25) is 0 Å². The normalized spacial score (nSPS) is 10.6. The molecule has 1 aromatic carbocycles. The lowest BCUT2D eigenvalue weighted by atomic mass is 10.2. The summed E-state index contributed by atoms with van der Waals surface area (Å²) in [6.45, 7) is 0. The van der Waals surface area contributed by atoms with Crippen molar-refractivity contribution in [3.8, 4) is 9.88 Å². The Morgan fingerprint density at radius 2 is 2.18 bits per heavy atom. The van der Waals surface area contributed by atoms with Gasteiger partial charge in [0.25, 0.3) is 0 Å². The van der Waals surface area contributed by atoms with Gasteiger partial charge < -0.3 is 5.32 Å². The van der Waals surface area contributed by atoms with E-state index in [9.17, 15) is 9.18 Å². The monoisotopic (exact) mass is 396 g/mol. The largest absolute Gasteiger partial charge is 0.323 e. The van der Waals surface area contributed by atoms with Gasteiger partial charge in [-0.1, -0.05) is 22.0 Å². The maximum absolute atomic E-state index is 13.7. The predicted molar refractivity (Wildman–Crippen MR) is 91.9 cm³/mol. The first kappa shape index (κ1) is 15.3. The number of nitrogens with zero attached hydrogens (tertiary/aromatic N) is 1. The molecule has 0 saturated carbocycles. The molecule has 7 heteroatoms. The van der Waals surface area contributed by atoms with Crippen molar-refractivity contribution in [2.45, 2.75) is 6.42 Å². The fraction of sp³-hybridized carbons (Fsp3) is 0.0667. The minimum absolute atomic E-state index is 0.122. The zero-order valence-electron chi connectivity index (χ0n) is 11.2. The summed E-state index contributed by atoms with van der Waals surface area (Å²) in [6, 6.07) is 8.47. The van der Waals surface area contributed by atoms with Crippen molar-refractivity contribution in [3.63, 3.8) is 0 Å². The predicted octanol–water partition coefficient (Wildman–Crippen LogP) is 4.95. The van der Waals surface area contributed by atoms with Gasteiger partial charge in [0.2, 0.25) is 5.91 Å². The molecule has 0 aliphatic heterocycles. The average Bonchev–Trinajstić information content (AvgIpc) is 3.12. The van der Waals surface area contributed by atoms with Gasteiger partial charge in [-0.15, -0.1) is 22.7 Å². The highest BCUT2D eigenvalue weighted by Gasteiger charge is 2.11. The summed E-state index contributed by atoms with van der Waals surface area (Å²) in [5.74, 6) is -0.760. The molecule has 22 heavy (non-hydrogen) atoms. The maximum atomic E-state index is 13.7. The Hall–Kier alpha value is -1.57. The Morgan fingerprint density at radius 1 is 1.32 bits per heavy atom. The Labute approximate surface area is 143 Å². The van der Waals surface area contributed by atoms with Gasteiger partial charge in [0.1, 0.15) is 10.8 Å². The Balaban J connectivity index is 1.67. The minimum Gasteiger partial charge on any atom is -0.323 e. The summed E-state index contributed by atoms with van der Waals surface area (Å²) in [5.41, 5.74) is 0.852. The highest BCUT2D eigenvalue weighted by Crippen LogP contribution is 2.28. The quantitative estimate of drug-likeness (QED) is 0.677. The third-order valence-corrected chi connectivity index (χ3v) is 5.25. The summed E-state index contributed by atoms with van der Waals surface area (Å²) in [6.07, 6.45) is 0.122. The van der Waals surface area contributed by atoms with Gasteiger partial charge in [-0.3, -0.25) is 4.79 Å². The first-order chi connectivity index (χ1) is 10.6. The van der Waals surface area contributed by atoms with Crippen LogP contribution in [0.3, 0.4) is 0 Å². The molecule has 0 aliphatic carbocycles. The molecule has 0 unspecified atom stereocenters. The van der Waals surface area contributed by atoms with Gasteiger partial charge in [0.05, 0.1) is 22.7 Å². The molecule has 3 nitrogen and oxygen atoms in total. The molecule has 0 saturated heterocycles. The van der Waals surface area contributed by atoms with E-state index in [-0.39, 0.29) is 18.0 Å². The number of amides is 1. The SMILES string of the molecule is O=C(Cc1csc(-c2cccs2)n1)Nc1ccc(Br)cc1F. The molecular weight excluding hydrogens is 387 g/mol. The summed E-state index contributed by atoms with van der Waals surface area (Å²) < 4.78 is 14.3. The molecule has 0 spiro atoms. The van der Waals surface area contributed by atoms with Crippen molar-refractivity contribution in [1.82, 2.24) is 4.98 Å². The topological polar surface area (TPSA) is 42.0 Å². The van der Waals surface area contributed by atoms with Crippen molar-refractivity contribution in [2.24, 2.45) is 0 Å². The van der Waals surface area contributed by atoms with E-state index in [2.05, 4.69) is 26.2 Å². The van der Waals surface area contributed by atoms with Crippen LogP contribution in [0.1, 0.15) is 5.69 Å². The number of benzene rings is 1. The number of nitrogens with one attached hydrogen (secondary N) is 1. The zero-order chi connectivity index (χ0) is 15.5. The number of hydrogen-bond donors (Lipinski definition) is 1. The molecule has 0 aliphatic rings. The van der Waals surface area contributed by atoms with Crippen LogP contribution >= 0.6 is 38.6 Å². The van der Waals surface area contributed by atoms with Crippen LogP contribution in [0.5, 0.6) is 0 Å². The summed E-state index contributed by atoms with van der Waals surface area (Å²) in [5, 5.41) is 7.30. The smallest absolute Gasteiger partial charge is 0.230 e. The fourth-order valence-corrected chi connectivity index (χ4v) is 3.82. The van der Waals surface area contributed by atoms with Gasteiger partial charge in [-0.05, 0) is 29.6 Å². The number of carbonyl (C=O) groups excluding carboxylic acids is 1. The number of halogens is 2. The van der Waals surface area contributed by atoms with E-state index in [1.165, 1.54) is 23.5 Å². The molecule has 112 valence electrons. The number of rotatable bonds is 4. The summed E-state index contributed by atoms with van der Waals surface area (Å²) in [4.78, 5) is 17.5. The van der Waals surface area contributed by atoms with Crippen molar-refractivity contribution >= 4 is 50.2 Å². The Kier molecular flexibility index (Phi) is 4.66. The summed E-state index contributed by atoms with van der Waals surface area (Å²) >= 11 is 6.28. The maximum Gasteiger partial charge on any atom is 0.230 e. The first-order valence-electron chi connectivity index (χ1n) is 6.35. The molecule has 0 bridgehead atoms. The van der Waals surface area contributed by atoms with E-state index < -0.39 is 5.82 Å². The highest BCUT2D eigenvalue weighted by molar-refractivity contribution is 9.10. The van der Waals surface area contributed by atoms with E-state index in [4.69, 9.17) is 0 Å². The molecule has 2 heterocycles. The minimum atomic E-state index is -0.472. The van der Waals surface area contributed by atoms with E-state index in [1.807, 2.05) is 22.9 Å². The molecule has 1 N–H and O–H groups in total. The molecule has 0 fully saturated rings. The number of anilines is 1. The Morgan fingerprint density at radius 3 is 2.91 bits per heavy atom. The van der Waals surface area contributed by atoms with E-state index >= 15 is 0 Å². The van der Waals surface area contributed by atoms with Crippen LogP contribution in [0, 0.1) is 5.82 Å². The number of hydrogen-bond acceptors (Lipinski definition) is 4. The molecule has 3 rings (SSSR count). The second kappa shape index (κ2) is 6.68. The molecule has 1 amide bonds. The lowest BCUT2D eigenvalue weighted by Gasteiger charge is -2.05. The van der Waals surface area contributed by atoms with E-state index in [0.29, 0.717) is 10.2 Å². The van der Waals surface area contributed by atoms with Crippen LogP contribution in [-0.2, 0) is 11.2 Å². The number of thiophene rings is 1. The van der Waals surface area contributed by atoms with Gasteiger partial charge >= 0.3 is 0 Å². The van der Waals surface area contributed by atoms with Crippen molar-refractivity contribution in [1.29, 1.82) is 0 Å². The Bertz CT molecular complexity index is 802. The lowest BCUT2D eigenvalue weighted by Crippen LogP contribution is -2.15. The number of thiazole rings is 1. The van der Waals surface area contributed by atoms with Crippen LogP contribution in [0.25, 0.3) is 9.88 Å². The van der Waals surface area contributed by atoms with Crippen LogP contribution in [-0.4, -0.2) is 10.9 Å². The average molecular weight is 397 g/mol. The second-order valence-electron chi connectivity index (χ2n) is 4.47. The van der Waals surface area contributed by atoms with Crippen molar-refractivity contribution < 1.29 is 9.18 Å². The van der Waals surface area contributed by atoms with Gasteiger partial charge in [0.15, 0.2) is 0 Å². The van der Waals surface area contributed by atoms with E-state index in [0.717, 1.165) is 9.88 Å². The molecule has 0 radical (unpaired) electrons. The molecule has 2 aromatic heterocycles. The van der Waals surface area contributed by atoms with Crippen molar-refractivity contribution in [3.05, 3.63) is 57.1 Å². The van der Waals surface area contributed by atoms with Gasteiger partial charge in [-0.2, -0.15) is 0 Å². The first-order valence-corrected chi connectivity index (χ1v) is 8.90. The second-order valence-corrected chi connectivity index (χ2v) is 7.19. The third-order valence-electron chi connectivity index (χ3n) is 2.83. The highest BCUT2D eigenvalue weighted by atomic mass is 79.9. The zero-order valence-corrected chi connectivity index (χ0v) is 14.4. The van der Waals surface area contributed by atoms with Gasteiger partial charge in [-0.25, -0.2) is 9.37 Å². The van der Waals surface area contributed by atoms with Gasteiger partial charge in [0, 0.05) is 9.85 Å². The standard InChI is InChI=1S/C15H10BrFN2OS2/c16-9-3-4-12(11(17)6-9)19-14(20)7-10-8-22-15(18-10)13-2-1-5-21-13/h1-6,8H,7H2,(H,19,20). The fourth-order valence-electron chi connectivity index (χ4n) is 1.85. The molecule has 0 atom stereocenters. The summed E-state index contributed by atoms with van der Waals surface area (Å²) in [7, 11) is 0. The van der Waals surface area contributed by atoms with Crippen molar-refractivity contribution in [2.75, 3.05) is 5.32 Å². The van der Waals surface area contributed by atoms with Crippen LogP contribution in [0.15, 0.2) is 45.6 Å². The molecular formula is C15H10BrFN2OS2. The lowest BCUT2D eigenvalue weighted by molar-refractivity contribution is -0.115. The van der Waals surface area contributed by atoms with E-state index in [1.54, 1.807) is 17.4 Å². The molecule has 3 aromatic rings. The van der Waals surface area contributed by atoms with Crippen LogP contribution in [0.4, 0.5) is 10.1 Å². The number of aromatic nitrogens is 1. The third kappa shape index (κ3) is 3.60. The van der Waals surface area contributed by atoms with Crippen LogP contribution < -0.4 is 5.32 Å².